The number of hydrogen-bond donors (Lipinski definition) is 1. The van der Waals surface area contributed by atoms with E-state index in [1.807, 2.05) is 42.5 Å². The molecule has 1 aromatic rings. The summed E-state index contributed by atoms with van der Waals surface area (Å²) in [5.74, 6) is -0.581. The zero-order valence-electron chi connectivity index (χ0n) is 11.5. The second kappa shape index (κ2) is 5.47. The number of likely N-dealkylation sites (N-methyl/N-ethyl adjacent to an activating group) is 1. The van der Waals surface area contributed by atoms with E-state index in [9.17, 15) is 9.90 Å². The Kier molecular flexibility index (Phi) is 3.66. The van der Waals surface area contributed by atoms with Gasteiger partial charge >= 0.3 is 0 Å². The van der Waals surface area contributed by atoms with Gasteiger partial charge in [0.2, 0.25) is 6.23 Å². The number of amides is 1. The summed E-state index contributed by atoms with van der Waals surface area (Å²) in [6.07, 6.45) is 4.14. The van der Waals surface area contributed by atoms with Crippen LogP contribution in [0.2, 0.25) is 0 Å². The number of allylic oxidation sites excluding steroid dienone is 2. The zero-order valence-corrected chi connectivity index (χ0v) is 12.2. The van der Waals surface area contributed by atoms with Gasteiger partial charge in [-0.1, -0.05) is 54.1 Å². The van der Waals surface area contributed by atoms with Crippen molar-refractivity contribution in [2.24, 2.45) is 10.9 Å². The molecule has 0 saturated heterocycles. The van der Waals surface area contributed by atoms with E-state index in [2.05, 4.69) is 4.99 Å². The van der Waals surface area contributed by atoms with Crippen LogP contribution in [0.4, 0.5) is 0 Å². The van der Waals surface area contributed by atoms with Crippen molar-refractivity contribution >= 4 is 23.2 Å². The quantitative estimate of drug-likeness (QED) is 0.862. The second-order valence-electron chi connectivity index (χ2n) is 5.13. The van der Waals surface area contributed by atoms with Gasteiger partial charge in [0.15, 0.2) is 0 Å². The van der Waals surface area contributed by atoms with Crippen LogP contribution in [0.15, 0.2) is 58.6 Å². The average molecular weight is 303 g/mol. The maximum atomic E-state index is 12.1. The molecule has 1 aromatic carbocycles. The molecule has 0 radical (unpaired) electrons. The Bertz CT molecular complexity index is 652. The van der Waals surface area contributed by atoms with Crippen LogP contribution in [0, 0.1) is 5.92 Å². The fourth-order valence-corrected chi connectivity index (χ4v) is 2.93. The number of carbonyl (C=O) groups excluding carboxylic acids is 1. The third kappa shape index (κ3) is 2.52. The molecule has 1 aliphatic heterocycles. The molecule has 108 valence electrons. The Morgan fingerprint density at radius 2 is 2.00 bits per heavy atom. The third-order valence-corrected chi connectivity index (χ3v) is 4.07. The van der Waals surface area contributed by atoms with Crippen LogP contribution in [0.5, 0.6) is 0 Å². The smallest absolute Gasteiger partial charge is 0.274 e. The van der Waals surface area contributed by atoms with Crippen molar-refractivity contribution in [3.63, 3.8) is 0 Å². The highest BCUT2D eigenvalue weighted by Gasteiger charge is 2.37. The van der Waals surface area contributed by atoms with Crippen molar-refractivity contribution in [1.82, 2.24) is 4.90 Å². The van der Waals surface area contributed by atoms with E-state index in [4.69, 9.17) is 11.6 Å². The number of halogens is 1. The molecular formula is C16H15ClN2O2. The highest BCUT2D eigenvalue weighted by Crippen LogP contribution is 2.29. The van der Waals surface area contributed by atoms with Gasteiger partial charge < -0.3 is 10.0 Å². The summed E-state index contributed by atoms with van der Waals surface area (Å²) in [5.41, 5.74) is 1.55. The van der Waals surface area contributed by atoms with E-state index < -0.39 is 12.1 Å². The van der Waals surface area contributed by atoms with E-state index in [-0.39, 0.29) is 12.0 Å². The van der Waals surface area contributed by atoms with Crippen LogP contribution >= 0.6 is 11.6 Å². The summed E-state index contributed by atoms with van der Waals surface area (Å²) in [4.78, 5) is 17.9. The normalized spacial score (nSPS) is 28.6. The molecule has 3 unspecified atom stereocenters. The van der Waals surface area contributed by atoms with Gasteiger partial charge in [0.1, 0.15) is 0 Å². The summed E-state index contributed by atoms with van der Waals surface area (Å²) < 4.78 is 0. The average Bonchev–Trinajstić information content (AvgIpc) is 2.59. The van der Waals surface area contributed by atoms with Crippen molar-refractivity contribution < 1.29 is 9.90 Å². The van der Waals surface area contributed by atoms with Crippen LogP contribution in [-0.4, -0.2) is 40.9 Å². The summed E-state index contributed by atoms with van der Waals surface area (Å²) in [6, 6.07) is 9.35. The summed E-state index contributed by atoms with van der Waals surface area (Å²) in [6.45, 7) is 0. The number of benzene rings is 1. The SMILES string of the molecule is CN1C(=O)C(O)N=C(c2ccccc2)C2C=C(Cl)C=CC21. The standard InChI is InChI=1S/C16H15ClN2O2/c1-19-13-8-7-11(17)9-12(13)14(18-15(20)16(19)21)10-5-3-2-4-6-10/h2-9,12-13,15,20H,1H3. The largest absolute Gasteiger partial charge is 0.364 e. The molecule has 4 nitrogen and oxygen atoms in total. The van der Waals surface area contributed by atoms with Crippen molar-refractivity contribution in [3.8, 4) is 0 Å². The lowest BCUT2D eigenvalue weighted by atomic mass is 9.86. The van der Waals surface area contributed by atoms with E-state index in [1.165, 1.54) is 4.90 Å². The van der Waals surface area contributed by atoms with E-state index in [0.29, 0.717) is 10.7 Å². The number of carbonyl (C=O) groups is 1. The second-order valence-corrected chi connectivity index (χ2v) is 5.57. The minimum absolute atomic E-state index is 0.170. The molecule has 1 amide bonds. The fraction of sp³-hybridized carbons (Fsp3) is 0.250. The van der Waals surface area contributed by atoms with Crippen molar-refractivity contribution in [3.05, 3.63) is 59.2 Å². The number of aliphatic hydroxyl groups excluding tert-OH is 1. The monoisotopic (exact) mass is 302 g/mol. The summed E-state index contributed by atoms with van der Waals surface area (Å²) in [5, 5.41) is 10.6. The van der Waals surface area contributed by atoms with Crippen LogP contribution < -0.4 is 0 Å². The van der Waals surface area contributed by atoms with E-state index >= 15 is 0 Å². The van der Waals surface area contributed by atoms with Crippen molar-refractivity contribution in [2.45, 2.75) is 12.3 Å². The Hall–Kier alpha value is -1.91. The fourth-order valence-electron chi connectivity index (χ4n) is 2.72. The zero-order chi connectivity index (χ0) is 15.0. The third-order valence-electron chi connectivity index (χ3n) is 3.82. The lowest BCUT2D eigenvalue weighted by Gasteiger charge is -2.31. The molecule has 3 atom stereocenters. The van der Waals surface area contributed by atoms with Crippen LogP contribution in [-0.2, 0) is 4.79 Å². The Morgan fingerprint density at radius 1 is 1.29 bits per heavy atom. The maximum Gasteiger partial charge on any atom is 0.274 e. The predicted molar refractivity (Wildman–Crippen MR) is 82.1 cm³/mol. The highest BCUT2D eigenvalue weighted by molar-refractivity contribution is 6.31. The van der Waals surface area contributed by atoms with Crippen molar-refractivity contribution in [1.29, 1.82) is 0 Å². The minimum atomic E-state index is -1.38. The number of aliphatic hydroxyl groups is 1. The van der Waals surface area contributed by atoms with Crippen LogP contribution in [0.3, 0.4) is 0 Å². The Labute approximate surface area is 128 Å². The molecule has 1 aliphatic carbocycles. The first kappa shape index (κ1) is 14.0. The van der Waals surface area contributed by atoms with Gasteiger partial charge in [-0.2, -0.15) is 0 Å². The van der Waals surface area contributed by atoms with Gasteiger partial charge in [-0.25, -0.2) is 4.99 Å². The van der Waals surface area contributed by atoms with Crippen molar-refractivity contribution in [2.75, 3.05) is 7.05 Å². The number of rotatable bonds is 1. The number of aliphatic imine (C=N–C) groups is 1. The van der Waals surface area contributed by atoms with Gasteiger partial charge in [0.25, 0.3) is 5.91 Å². The molecular weight excluding hydrogens is 288 g/mol. The topological polar surface area (TPSA) is 52.9 Å². The minimum Gasteiger partial charge on any atom is -0.364 e. The van der Waals surface area contributed by atoms with Gasteiger partial charge in [0, 0.05) is 18.0 Å². The molecule has 0 saturated carbocycles. The Morgan fingerprint density at radius 3 is 2.71 bits per heavy atom. The molecule has 0 spiro atoms. The Balaban J connectivity index is 2.13. The van der Waals surface area contributed by atoms with Gasteiger partial charge in [-0.05, 0) is 11.6 Å². The molecule has 3 rings (SSSR count). The van der Waals surface area contributed by atoms with E-state index in [1.54, 1.807) is 13.1 Å². The lowest BCUT2D eigenvalue weighted by molar-refractivity contribution is -0.139. The molecule has 21 heavy (non-hydrogen) atoms. The predicted octanol–water partition coefficient (Wildman–Crippen LogP) is 1.94. The molecule has 0 fully saturated rings. The molecule has 1 heterocycles. The molecule has 0 bridgehead atoms. The molecule has 0 aromatic heterocycles. The number of fused-ring (bicyclic) bond motifs is 1. The highest BCUT2D eigenvalue weighted by atomic mass is 35.5. The molecule has 2 aliphatic rings. The molecule has 5 heteroatoms. The van der Waals surface area contributed by atoms with Gasteiger partial charge in [0.05, 0.1) is 11.8 Å². The molecule has 1 N–H and O–H groups in total. The van der Waals surface area contributed by atoms with E-state index in [0.717, 1.165) is 5.56 Å². The summed E-state index contributed by atoms with van der Waals surface area (Å²) in [7, 11) is 1.67. The van der Waals surface area contributed by atoms with Gasteiger partial charge in [-0.15, -0.1) is 0 Å². The van der Waals surface area contributed by atoms with Gasteiger partial charge in [-0.3, -0.25) is 4.79 Å². The number of hydrogen-bond acceptors (Lipinski definition) is 3. The first-order valence-corrected chi connectivity index (χ1v) is 7.09. The lowest BCUT2D eigenvalue weighted by Crippen LogP contribution is -2.44. The van der Waals surface area contributed by atoms with Crippen LogP contribution in [0.1, 0.15) is 5.56 Å². The number of nitrogens with zero attached hydrogens (tertiary/aromatic N) is 2. The first-order valence-electron chi connectivity index (χ1n) is 6.71. The van der Waals surface area contributed by atoms with Crippen LogP contribution in [0.25, 0.3) is 0 Å². The maximum absolute atomic E-state index is 12.1. The summed E-state index contributed by atoms with van der Waals surface area (Å²) >= 11 is 6.12. The first-order chi connectivity index (χ1) is 10.1.